The SMILES string of the molecule is O=C1CCCCC1SSCC1CCCCC1. The third-order valence-corrected chi connectivity index (χ3v) is 6.70. The summed E-state index contributed by atoms with van der Waals surface area (Å²) in [4.78, 5) is 11.6. The Bertz CT molecular complexity index is 224. The standard InChI is InChI=1S/C13H22OS2/c14-12-8-4-5-9-13(12)16-15-10-11-6-2-1-3-7-11/h11,13H,1-10H2. The fourth-order valence-electron chi connectivity index (χ4n) is 2.62. The van der Waals surface area contributed by atoms with Crippen LogP contribution in [0.15, 0.2) is 0 Å². The Hall–Kier alpha value is 0.370. The second-order valence-electron chi connectivity index (χ2n) is 5.09. The first-order chi connectivity index (χ1) is 7.86. The summed E-state index contributed by atoms with van der Waals surface area (Å²) >= 11 is 0. The first-order valence-electron chi connectivity index (χ1n) is 6.67. The predicted molar refractivity (Wildman–Crippen MR) is 73.9 cm³/mol. The van der Waals surface area contributed by atoms with Gasteiger partial charge < -0.3 is 0 Å². The van der Waals surface area contributed by atoms with E-state index in [0.29, 0.717) is 11.0 Å². The van der Waals surface area contributed by atoms with Gasteiger partial charge in [0.2, 0.25) is 0 Å². The molecule has 0 bridgehead atoms. The molecule has 0 aromatic rings. The fourth-order valence-corrected chi connectivity index (χ4v) is 5.80. The van der Waals surface area contributed by atoms with E-state index in [9.17, 15) is 4.79 Å². The largest absolute Gasteiger partial charge is 0.298 e. The highest BCUT2D eigenvalue weighted by Crippen LogP contribution is 2.37. The minimum atomic E-state index is 0.322. The lowest BCUT2D eigenvalue weighted by molar-refractivity contribution is -0.119. The molecule has 2 fully saturated rings. The van der Waals surface area contributed by atoms with Crippen molar-refractivity contribution in [3.63, 3.8) is 0 Å². The summed E-state index contributed by atoms with van der Waals surface area (Å²) in [7, 11) is 3.83. The number of hydrogen-bond donors (Lipinski definition) is 0. The molecule has 2 saturated carbocycles. The lowest BCUT2D eigenvalue weighted by Crippen LogP contribution is -2.20. The summed E-state index contributed by atoms with van der Waals surface area (Å²) in [5.41, 5.74) is 0. The van der Waals surface area contributed by atoms with Crippen LogP contribution in [0.5, 0.6) is 0 Å². The van der Waals surface area contributed by atoms with Crippen LogP contribution < -0.4 is 0 Å². The van der Waals surface area contributed by atoms with Gasteiger partial charge in [0, 0.05) is 12.2 Å². The summed E-state index contributed by atoms with van der Waals surface area (Å²) in [6.07, 6.45) is 11.5. The van der Waals surface area contributed by atoms with Gasteiger partial charge in [0.25, 0.3) is 0 Å². The van der Waals surface area contributed by atoms with Crippen LogP contribution in [0.3, 0.4) is 0 Å². The van der Waals surface area contributed by atoms with E-state index >= 15 is 0 Å². The van der Waals surface area contributed by atoms with Gasteiger partial charge in [0.15, 0.2) is 0 Å². The normalized spacial score (nSPS) is 28.2. The maximum atomic E-state index is 11.6. The van der Waals surface area contributed by atoms with E-state index < -0.39 is 0 Å². The summed E-state index contributed by atoms with van der Waals surface area (Å²) < 4.78 is 0. The summed E-state index contributed by atoms with van der Waals surface area (Å²) in [6.45, 7) is 0. The van der Waals surface area contributed by atoms with Crippen molar-refractivity contribution in [2.75, 3.05) is 5.75 Å². The summed E-state index contributed by atoms with van der Waals surface area (Å²) in [6, 6.07) is 0. The molecule has 0 amide bonds. The number of carbonyl (C=O) groups excluding carboxylic acids is 1. The average molecular weight is 258 g/mol. The van der Waals surface area contributed by atoms with Gasteiger partial charge in [-0.25, -0.2) is 0 Å². The van der Waals surface area contributed by atoms with Crippen molar-refractivity contribution in [3.05, 3.63) is 0 Å². The number of rotatable bonds is 4. The second kappa shape index (κ2) is 6.95. The third kappa shape index (κ3) is 3.99. The van der Waals surface area contributed by atoms with Crippen LogP contribution >= 0.6 is 21.6 Å². The molecule has 0 aromatic carbocycles. The first-order valence-corrected chi connectivity index (χ1v) is 9.05. The Balaban J connectivity index is 1.61. The monoisotopic (exact) mass is 258 g/mol. The molecule has 0 saturated heterocycles. The molecule has 2 rings (SSSR count). The van der Waals surface area contributed by atoms with Gasteiger partial charge in [-0.05, 0) is 31.6 Å². The van der Waals surface area contributed by atoms with Crippen LogP contribution in [0.25, 0.3) is 0 Å². The van der Waals surface area contributed by atoms with Crippen LogP contribution in [0.1, 0.15) is 57.8 Å². The van der Waals surface area contributed by atoms with Crippen molar-refractivity contribution in [2.45, 2.75) is 63.0 Å². The highest BCUT2D eigenvalue weighted by Gasteiger charge is 2.23. The van der Waals surface area contributed by atoms with E-state index in [-0.39, 0.29) is 0 Å². The van der Waals surface area contributed by atoms with Gasteiger partial charge in [-0.1, -0.05) is 47.3 Å². The maximum absolute atomic E-state index is 11.6. The topological polar surface area (TPSA) is 17.1 Å². The van der Waals surface area contributed by atoms with Gasteiger partial charge in [-0.15, -0.1) is 0 Å². The van der Waals surface area contributed by atoms with E-state index in [1.54, 1.807) is 0 Å². The van der Waals surface area contributed by atoms with Crippen LogP contribution in [0, 0.1) is 5.92 Å². The average Bonchev–Trinajstić information content (AvgIpc) is 2.33. The van der Waals surface area contributed by atoms with Crippen LogP contribution in [-0.2, 0) is 4.79 Å². The van der Waals surface area contributed by atoms with Gasteiger partial charge in [0.1, 0.15) is 5.78 Å². The number of Topliss-reactive ketones (excluding diaryl/α,β-unsaturated/α-hetero) is 1. The lowest BCUT2D eigenvalue weighted by Gasteiger charge is -2.23. The van der Waals surface area contributed by atoms with Gasteiger partial charge >= 0.3 is 0 Å². The van der Waals surface area contributed by atoms with Gasteiger partial charge in [-0.2, -0.15) is 0 Å². The molecule has 0 radical (unpaired) electrons. The van der Waals surface area contributed by atoms with Crippen molar-refractivity contribution < 1.29 is 4.79 Å². The Morgan fingerprint density at radius 2 is 1.75 bits per heavy atom. The Labute approximate surface area is 107 Å². The van der Waals surface area contributed by atoms with E-state index in [1.165, 1.54) is 44.3 Å². The first kappa shape index (κ1) is 12.8. The van der Waals surface area contributed by atoms with E-state index in [2.05, 4.69) is 0 Å². The molecule has 3 heteroatoms. The Kier molecular flexibility index (Phi) is 5.57. The fraction of sp³-hybridized carbons (Fsp3) is 0.923. The second-order valence-corrected chi connectivity index (χ2v) is 7.70. The zero-order valence-electron chi connectivity index (χ0n) is 9.95. The van der Waals surface area contributed by atoms with Gasteiger partial charge in [-0.3, -0.25) is 4.79 Å². The quantitative estimate of drug-likeness (QED) is 0.693. The molecule has 1 unspecified atom stereocenters. The minimum Gasteiger partial charge on any atom is -0.298 e. The summed E-state index contributed by atoms with van der Waals surface area (Å²) in [5.74, 6) is 2.71. The maximum Gasteiger partial charge on any atom is 0.146 e. The molecule has 1 atom stereocenters. The van der Waals surface area contributed by atoms with E-state index in [0.717, 1.165) is 25.2 Å². The molecule has 16 heavy (non-hydrogen) atoms. The van der Waals surface area contributed by atoms with Crippen molar-refractivity contribution in [2.24, 2.45) is 5.92 Å². The molecule has 92 valence electrons. The third-order valence-electron chi connectivity index (χ3n) is 3.71. The Morgan fingerprint density at radius 1 is 1.00 bits per heavy atom. The highest BCUT2D eigenvalue weighted by atomic mass is 33.1. The van der Waals surface area contributed by atoms with Crippen molar-refractivity contribution >= 4 is 27.4 Å². The minimum absolute atomic E-state index is 0.322. The van der Waals surface area contributed by atoms with E-state index in [1.807, 2.05) is 21.6 Å². The molecule has 2 aliphatic rings. The van der Waals surface area contributed by atoms with Gasteiger partial charge in [0.05, 0.1) is 5.25 Å². The molecular weight excluding hydrogens is 236 g/mol. The zero-order chi connectivity index (χ0) is 11.2. The van der Waals surface area contributed by atoms with Crippen LogP contribution in [-0.4, -0.2) is 16.8 Å². The molecule has 2 aliphatic carbocycles. The number of carbonyl (C=O) groups is 1. The predicted octanol–water partition coefficient (Wildman–Crippen LogP) is 4.46. The van der Waals surface area contributed by atoms with Crippen molar-refractivity contribution in [1.82, 2.24) is 0 Å². The van der Waals surface area contributed by atoms with E-state index in [4.69, 9.17) is 0 Å². The van der Waals surface area contributed by atoms with Crippen LogP contribution in [0.2, 0.25) is 0 Å². The van der Waals surface area contributed by atoms with Crippen LogP contribution in [0.4, 0.5) is 0 Å². The smallest absolute Gasteiger partial charge is 0.146 e. The highest BCUT2D eigenvalue weighted by molar-refractivity contribution is 8.77. The zero-order valence-corrected chi connectivity index (χ0v) is 11.6. The molecular formula is C13H22OS2. The molecule has 0 spiro atoms. The molecule has 1 nitrogen and oxygen atoms in total. The van der Waals surface area contributed by atoms with Crippen molar-refractivity contribution in [1.29, 1.82) is 0 Å². The molecule has 0 heterocycles. The van der Waals surface area contributed by atoms with Crippen molar-refractivity contribution in [3.8, 4) is 0 Å². The Morgan fingerprint density at radius 3 is 2.50 bits per heavy atom. The molecule has 0 N–H and O–H groups in total. The molecule has 0 aliphatic heterocycles. The number of ketones is 1. The lowest BCUT2D eigenvalue weighted by atomic mass is 9.91. The number of hydrogen-bond acceptors (Lipinski definition) is 3. The molecule has 0 aromatic heterocycles. The summed E-state index contributed by atoms with van der Waals surface area (Å²) in [5, 5.41) is 0.322.